The van der Waals surface area contributed by atoms with Gasteiger partial charge >= 0.3 is 0 Å². The first-order valence-corrected chi connectivity index (χ1v) is 8.08. The van der Waals surface area contributed by atoms with E-state index in [0.717, 1.165) is 24.7 Å². The molecule has 0 spiro atoms. The molecular formula is C16H24N2O2. The zero-order valence-corrected chi connectivity index (χ0v) is 12.1. The van der Waals surface area contributed by atoms with Gasteiger partial charge in [-0.3, -0.25) is 4.79 Å². The Balaban J connectivity index is 1.58. The molecule has 4 atom stereocenters. The Bertz CT molecular complexity index is 404. The van der Waals surface area contributed by atoms with E-state index in [1.807, 2.05) is 4.90 Å². The Morgan fingerprint density at radius 2 is 1.95 bits per heavy atom. The summed E-state index contributed by atoms with van der Waals surface area (Å²) in [6.07, 6.45) is 8.35. The van der Waals surface area contributed by atoms with Crippen LogP contribution in [0.15, 0.2) is 0 Å². The van der Waals surface area contributed by atoms with E-state index in [-0.39, 0.29) is 11.8 Å². The molecule has 0 aromatic heterocycles. The van der Waals surface area contributed by atoms with Gasteiger partial charge in [-0.05, 0) is 31.1 Å². The molecule has 1 aliphatic heterocycles. The first-order chi connectivity index (χ1) is 9.78. The highest BCUT2D eigenvalue weighted by Crippen LogP contribution is 2.43. The van der Waals surface area contributed by atoms with Crippen LogP contribution in [-0.4, -0.2) is 36.6 Å². The number of ether oxygens (including phenoxy) is 1. The number of morpholine rings is 1. The van der Waals surface area contributed by atoms with E-state index in [4.69, 9.17) is 10.00 Å². The van der Waals surface area contributed by atoms with Gasteiger partial charge in [0.05, 0.1) is 19.2 Å². The first kappa shape index (κ1) is 13.9. The first-order valence-electron chi connectivity index (χ1n) is 8.08. The summed E-state index contributed by atoms with van der Waals surface area (Å²) in [6, 6.07) is 2.12. The van der Waals surface area contributed by atoms with Crippen molar-refractivity contribution < 1.29 is 9.53 Å². The molecule has 3 fully saturated rings. The summed E-state index contributed by atoms with van der Waals surface area (Å²) in [5, 5.41) is 8.94. The number of hydrogen-bond donors (Lipinski definition) is 0. The Hall–Kier alpha value is -1.08. The van der Waals surface area contributed by atoms with Gasteiger partial charge < -0.3 is 9.64 Å². The lowest BCUT2D eigenvalue weighted by Crippen LogP contribution is -2.48. The zero-order valence-electron chi connectivity index (χ0n) is 12.1. The Kier molecular flexibility index (Phi) is 4.26. The minimum atomic E-state index is -0.432. The molecule has 1 saturated heterocycles. The smallest absolute Gasteiger partial charge is 0.225 e. The molecule has 4 heteroatoms. The van der Waals surface area contributed by atoms with Crippen molar-refractivity contribution >= 4 is 5.91 Å². The summed E-state index contributed by atoms with van der Waals surface area (Å²) in [4.78, 5) is 14.5. The maximum absolute atomic E-state index is 12.7. The van der Waals surface area contributed by atoms with Crippen molar-refractivity contribution in [2.45, 2.75) is 51.0 Å². The van der Waals surface area contributed by atoms with Gasteiger partial charge in [0, 0.05) is 12.5 Å². The number of fused-ring (bicyclic) bond motifs is 1. The summed E-state index contributed by atoms with van der Waals surface area (Å²) in [5.74, 6) is 2.13. The summed E-state index contributed by atoms with van der Waals surface area (Å²) < 4.78 is 5.33. The topological polar surface area (TPSA) is 53.3 Å². The molecule has 0 radical (unpaired) electrons. The Morgan fingerprint density at radius 3 is 2.75 bits per heavy atom. The molecule has 3 rings (SSSR count). The SMILES string of the molecule is N#C[C@@H]1CN(C(=O)[C@@H]2CC[C@@H]3CCCC[C@H]3C2)CCO1. The van der Waals surface area contributed by atoms with Crippen molar-refractivity contribution in [1.29, 1.82) is 5.26 Å². The van der Waals surface area contributed by atoms with Crippen LogP contribution in [-0.2, 0) is 9.53 Å². The van der Waals surface area contributed by atoms with Crippen LogP contribution < -0.4 is 0 Å². The highest BCUT2D eigenvalue weighted by Gasteiger charge is 2.37. The fourth-order valence-electron chi connectivity index (χ4n) is 4.28. The van der Waals surface area contributed by atoms with Crippen molar-refractivity contribution in [1.82, 2.24) is 4.90 Å². The van der Waals surface area contributed by atoms with Crippen LogP contribution in [0.3, 0.4) is 0 Å². The molecule has 110 valence electrons. The van der Waals surface area contributed by atoms with E-state index in [9.17, 15) is 4.79 Å². The van der Waals surface area contributed by atoms with E-state index >= 15 is 0 Å². The fourth-order valence-corrected chi connectivity index (χ4v) is 4.28. The van der Waals surface area contributed by atoms with Gasteiger partial charge in [-0.25, -0.2) is 0 Å². The third kappa shape index (κ3) is 2.83. The zero-order chi connectivity index (χ0) is 13.9. The third-order valence-electron chi connectivity index (χ3n) is 5.41. The lowest BCUT2D eigenvalue weighted by Gasteiger charge is -2.41. The van der Waals surface area contributed by atoms with Gasteiger partial charge in [-0.2, -0.15) is 5.26 Å². The molecule has 20 heavy (non-hydrogen) atoms. The van der Waals surface area contributed by atoms with Crippen LogP contribution in [0.25, 0.3) is 0 Å². The highest BCUT2D eigenvalue weighted by atomic mass is 16.5. The summed E-state index contributed by atoms with van der Waals surface area (Å²) >= 11 is 0. The maximum Gasteiger partial charge on any atom is 0.225 e. The number of amides is 1. The number of carbonyl (C=O) groups excluding carboxylic acids is 1. The second-order valence-electron chi connectivity index (χ2n) is 6.59. The van der Waals surface area contributed by atoms with E-state index in [0.29, 0.717) is 19.7 Å². The molecule has 0 aromatic rings. The molecule has 0 bridgehead atoms. The van der Waals surface area contributed by atoms with Crippen LogP contribution in [0.5, 0.6) is 0 Å². The van der Waals surface area contributed by atoms with Crippen LogP contribution in [0.1, 0.15) is 44.9 Å². The molecule has 4 nitrogen and oxygen atoms in total. The van der Waals surface area contributed by atoms with Crippen molar-refractivity contribution in [3.8, 4) is 6.07 Å². The molecular weight excluding hydrogens is 252 g/mol. The van der Waals surface area contributed by atoms with E-state index in [1.165, 1.54) is 32.1 Å². The van der Waals surface area contributed by atoms with E-state index < -0.39 is 6.10 Å². The van der Waals surface area contributed by atoms with Gasteiger partial charge in [0.1, 0.15) is 0 Å². The van der Waals surface area contributed by atoms with Crippen LogP contribution in [0.2, 0.25) is 0 Å². The van der Waals surface area contributed by atoms with Gasteiger partial charge in [0.15, 0.2) is 6.10 Å². The molecule has 2 aliphatic carbocycles. The molecule has 3 aliphatic rings. The molecule has 2 saturated carbocycles. The Morgan fingerprint density at radius 1 is 1.15 bits per heavy atom. The minimum Gasteiger partial charge on any atom is -0.360 e. The fraction of sp³-hybridized carbons (Fsp3) is 0.875. The maximum atomic E-state index is 12.7. The number of carbonyl (C=O) groups is 1. The lowest BCUT2D eigenvalue weighted by atomic mass is 9.67. The largest absolute Gasteiger partial charge is 0.360 e. The standard InChI is InChI=1S/C16H24N2O2/c17-10-15-11-18(7-8-20-15)16(19)14-6-5-12-3-1-2-4-13(12)9-14/h12-15H,1-9,11H2/t12-,13-,14+,15+/m0/s1. The molecule has 0 aromatic carbocycles. The molecule has 1 amide bonds. The number of nitrogens with zero attached hydrogens (tertiary/aromatic N) is 2. The van der Waals surface area contributed by atoms with Crippen LogP contribution in [0.4, 0.5) is 0 Å². The van der Waals surface area contributed by atoms with Gasteiger partial charge in [0.25, 0.3) is 0 Å². The molecule has 0 unspecified atom stereocenters. The molecule has 1 heterocycles. The number of nitriles is 1. The Labute approximate surface area is 121 Å². The molecule has 0 N–H and O–H groups in total. The number of rotatable bonds is 1. The van der Waals surface area contributed by atoms with Crippen LogP contribution in [0, 0.1) is 29.1 Å². The van der Waals surface area contributed by atoms with E-state index in [1.54, 1.807) is 0 Å². The van der Waals surface area contributed by atoms with Gasteiger partial charge in [-0.1, -0.05) is 25.7 Å². The number of hydrogen-bond acceptors (Lipinski definition) is 3. The minimum absolute atomic E-state index is 0.201. The van der Waals surface area contributed by atoms with Crippen molar-refractivity contribution in [2.75, 3.05) is 19.7 Å². The van der Waals surface area contributed by atoms with Crippen molar-refractivity contribution in [2.24, 2.45) is 17.8 Å². The predicted molar refractivity (Wildman–Crippen MR) is 74.7 cm³/mol. The van der Waals surface area contributed by atoms with Gasteiger partial charge in [-0.15, -0.1) is 0 Å². The lowest BCUT2D eigenvalue weighted by molar-refractivity contribution is -0.143. The van der Waals surface area contributed by atoms with Gasteiger partial charge in [0.2, 0.25) is 5.91 Å². The van der Waals surface area contributed by atoms with E-state index in [2.05, 4.69) is 6.07 Å². The predicted octanol–water partition coefficient (Wildman–Crippen LogP) is 2.34. The third-order valence-corrected chi connectivity index (χ3v) is 5.41. The second-order valence-corrected chi connectivity index (χ2v) is 6.59. The van der Waals surface area contributed by atoms with Crippen LogP contribution >= 0.6 is 0 Å². The quantitative estimate of drug-likeness (QED) is 0.738. The van der Waals surface area contributed by atoms with Crippen molar-refractivity contribution in [3.05, 3.63) is 0 Å². The average molecular weight is 276 g/mol. The summed E-state index contributed by atoms with van der Waals surface area (Å²) in [6.45, 7) is 1.62. The summed E-state index contributed by atoms with van der Waals surface area (Å²) in [7, 11) is 0. The second kappa shape index (κ2) is 6.13. The summed E-state index contributed by atoms with van der Waals surface area (Å²) in [5.41, 5.74) is 0. The van der Waals surface area contributed by atoms with Crippen molar-refractivity contribution in [3.63, 3.8) is 0 Å². The monoisotopic (exact) mass is 276 g/mol. The highest BCUT2D eigenvalue weighted by molar-refractivity contribution is 5.79. The normalized spacial score (nSPS) is 37.9. The average Bonchev–Trinajstić information content (AvgIpc) is 2.53.